The van der Waals surface area contributed by atoms with E-state index in [1.54, 1.807) is 0 Å². The smallest absolute Gasteiger partial charge is 0.129 e. The molecular formula is C21H26ClN3O. The van der Waals surface area contributed by atoms with E-state index in [1.165, 1.54) is 23.8 Å². The maximum Gasteiger partial charge on any atom is 0.129 e. The van der Waals surface area contributed by atoms with Crippen LogP contribution >= 0.6 is 11.6 Å². The van der Waals surface area contributed by atoms with E-state index in [4.69, 9.17) is 21.3 Å². The third kappa shape index (κ3) is 2.46. The van der Waals surface area contributed by atoms with Crippen molar-refractivity contribution in [2.24, 2.45) is 11.8 Å². The van der Waals surface area contributed by atoms with Crippen LogP contribution in [0.15, 0.2) is 24.3 Å². The number of halogens is 1. The zero-order valence-electron chi connectivity index (χ0n) is 15.7. The molecule has 4 atom stereocenters. The molecule has 2 aromatic rings. The van der Waals surface area contributed by atoms with Gasteiger partial charge in [-0.2, -0.15) is 0 Å². The third-order valence-electron chi connectivity index (χ3n) is 6.65. The molecular weight excluding hydrogens is 346 g/mol. The van der Waals surface area contributed by atoms with E-state index in [0.29, 0.717) is 17.9 Å². The number of rotatable bonds is 3. The number of pyridine rings is 1. The number of anilines is 1. The van der Waals surface area contributed by atoms with Gasteiger partial charge in [-0.1, -0.05) is 17.7 Å². The third-order valence-corrected chi connectivity index (χ3v) is 6.88. The molecule has 138 valence electrons. The maximum atomic E-state index is 6.57. The first-order valence-corrected chi connectivity index (χ1v) is 9.97. The summed E-state index contributed by atoms with van der Waals surface area (Å²) in [5, 5.41) is 1.92. The van der Waals surface area contributed by atoms with E-state index in [1.807, 2.05) is 12.1 Å². The van der Waals surface area contributed by atoms with Crippen LogP contribution in [0.1, 0.15) is 18.4 Å². The van der Waals surface area contributed by atoms with E-state index in [2.05, 4.69) is 43.0 Å². The summed E-state index contributed by atoms with van der Waals surface area (Å²) in [7, 11) is 4.34. The molecule has 0 radical (unpaired) electrons. The second-order valence-corrected chi connectivity index (χ2v) is 9.07. The Hall–Kier alpha value is -1.36. The summed E-state index contributed by atoms with van der Waals surface area (Å²) in [6.45, 7) is 5.29. The molecule has 0 aliphatic carbocycles. The summed E-state index contributed by atoms with van der Waals surface area (Å²) in [6, 6.07) is 8.20. The lowest BCUT2D eigenvalue weighted by Crippen LogP contribution is -2.40. The number of aryl methyl sites for hydroxylation is 1. The number of hydrogen-bond donors (Lipinski definition) is 0. The Kier molecular flexibility index (Phi) is 3.76. The molecule has 1 aromatic heterocycles. The Morgan fingerprint density at radius 1 is 1.35 bits per heavy atom. The van der Waals surface area contributed by atoms with E-state index in [9.17, 15) is 0 Å². The van der Waals surface area contributed by atoms with Crippen LogP contribution < -0.4 is 4.90 Å². The van der Waals surface area contributed by atoms with Gasteiger partial charge >= 0.3 is 0 Å². The number of aromatic nitrogens is 1. The van der Waals surface area contributed by atoms with Crippen molar-refractivity contribution in [1.29, 1.82) is 0 Å². The highest BCUT2D eigenvalue weighted by Gasteiger charge is 2.63. The molecule has 5 heteroatoms. The highest BCUT2D eigenvalue weighted by atomic mass is 35.5. The Balaban J connectivity index is 1.48. The van der Waals surface area contributed by atoms with Crippen molar-refractivity contribution in [3.05, 3.63) is 34.9 Å². The van der Waals surface area contributed by atoms with Gasteiger partial charge in [0.05, 0.1) is 17.2 Å². The van der Waals surface area contributed by atoms with Crippen molar-refractivity contribution < 1.29 is 4.74 Å². The number of ether oxygens (including phenoxy) is 1. The number of hydrogen-bond acceptors (Lipinski definition) is 4. The first-order chi connectivity index (χ1) is 12.4. The molecule has 0 amide bonds. The van der Waals surface area contributed by atoms with Crippen LogP contribution in [-0.4, -0.2) is 55.3 Å². The lowest BCUT2D eigenvalue weighted by Gasteiger charge is -2.30. The van der Waals surface area contributed by atoms with Crippen LogP contribution in [0.4, 0.5) is 5.82 Å². The summed E-state index contributed by atoms with van der Waals surface area (Å²) in [6.07, 6.45) is 2.86. The molecule has 4 nitrogen and oxygen atoms in total. The molecule has 3 saturated heterocycles. The molecule has 3 aliphatic rings. The maximum absolute atomic E-state index is 6.57. The van der Waals surface area contributed by atoms with Crippen LogP contribution in [-0.2, 0) is 4.74 Å². The summed E-state index contributed by atoms with van der Waals surface area (Å²) in [4.78, 5) is 9.70. The lowest BCUT2D eigenvalue weighted by molar-refractivity contribution is 0.0136. The molecule has 5 rings (SSSR count). The summed E-state index contributed by atoms with van der Waals surface area (Å²) in [5.41, 5.74) is 2.29. The topological polar surface area (TPSA) is 28.6 Å². The largest absolute Gasteiger partial charge is 0.369 e. The molecule has 1 aromatic carbocycles. The molecule has 2 bridgehead atoms. The average Bonchev–Trinajstić information content (AvgIpc) is 3.23. The van der Waals surface area contributed by atoms with Gasteiger partial charge in [0.15, 0.2) is 0 Å². The van der Waals surface area contributed by atoms with Crippen LogP contribution in [0, 0.1) is 18.8 Å². The van der Waals surface area contributed by atoms with Gasteiger partial charge in [0.25, 0.3) is 0 Å². The molecule has 3 aliphatic heterocycles. The predicted molar refractivity (Wildman–Crippen MR) is 106 cm³/mol. The molecule has 3 fully saturated rings. The van der Waals surface area contributed by atoms with E-state index < -0.39 is 0 Å². The monoisotopic (exact) mass is 371 g/mol. The molecule has 0 saturated carbocycles. The highest BCUT2D eigenvalue weighted by Crippen LogP contribution is 2.55. The van der Waals surface area contributed by atoms with Crippen molar-refractivity contribution >= 4 is 28.3 Å². The fourth-order valence-electron chi connectivity index (χ4n) is 5.55. The Morgan fingerprint density at radius 2 is 2.19 bits per heavy atom. The predicted octanol–water partition coefficient (Wildman–Crippen LogP) is 3.74. The van der Waals surface area contributed by atoms with Crippen LogP contribution in [0.25, 0.3) is 10.9 Å². The zero-order chi connectivity index (χ0) is 18.1. The summed E-state index contributed by atoms with van der Waals surface area (Å²) >= 11 is 6.20. The fourth-order valence-corrected chi connectivity index (χ4v) is 5.72. The molecule has 4 heterocycles. The van der Waals surface area contributed by atoms with Gasteiger partial charge in [-0.3, -0.25) is 0 Å². The normalized spacial score (nSPS) is 32.8. The first-order valence-electron chi connectivity index (χ1n) is 9.60. The van der Waals surface area contributed by atoms with Gasteiger partial charge in [-0.15, -0.1) is 0 Å². The Bertz CT molecular complexity index is 870. The average molecular weight is 372 g/mol. The number of benzene rings is 1. The van der Waals surface area contributed by atoms with Gasteiger partial charge in [0.2, 0.25) is 0 Å². The second kappa shape index (κ2) is 5.82. The van der Waals surface area contributed by atoms with E-state index in [-0.39, 0.29) is 5.60 Å². The summed E-state index contributed by atoms with van der Waals surface area (Å²) in [5.74, 6) is 2.32. The molecule has 0 unspecified atom stereocenters. The highest BCUT2D eigenvalue weighted by molar-refractivity contribution is 6.31. The number of nitrogens with zero attached hydrogens (tertiary/aromatic N) is 3. The van der Waals surface area contributed by atoms with Crippen molar-refractivity contribution in [1.82, 2.24) is 9.88 Å². The van der Waals surface area contributed by atoms with Crippen LogP contribution in [0.2, 0.25) is 5.02 Å². The second-order valence-electron chi connectivity index (χ2n) is 8.63. The Labute approximate surface area is 160 Å². The minimum Gasteiger partial charge on any atom is -0.369 e. The standard InChI is InChI=1S/C21H26ClN3O/c1-13-8-20(23-18-9-14(22)4-5-15(13)18)25-11-17-16(10-24(2)3)19-6-7-21(17,12-25)26-19/h4-5,8-9,16-17,19H,6-7,10-12H2,1-3H3/t16-,17+,19+,21+/m0/s1. The van der Waals surface area contributed by atoms with Crippen LogP contribution in [0.3, 0.4) is 0 Å². The lowest BCUT2D eigenvalue weighted by atomic mass is 9.73. The van der Waals surface area contributed by atoms with Crippen molar-refractivity contribution in [3.63, 3.8) is 0 Å². The van der Waals surface area contributed by atoms with Crippen molar-refractivity contribution in [2.75, 3.05) is 38.6 Å². The summed E-state index contributed by atoms with van der Waals surface area (Å²) < 4.78 is 6.57. The molecule has 1 spiro atoms. The van der Waals surface area contributed by atoms with E-state index >= 15 is 0 Å². The Morgan fingerprint density at radius 3 is 3.00 bits per heavy atom. The quantitative estimate of drug-likeness (QED) is 0.821. The van der Waals surface area contributed by atoms with Crippen molar-refractivity contribution in [2.45, 2.75) is 31.5 Å². The SMILES string of the molecule is Cc1cc(N2C[C@@H]3[C@H](CN(C)C)[C@H]4CC[C@]3(C2)O4)nc2cc(Cl)ccc12. The first kappa shape index (κ1) is 16.8. The minimum absolute atomic E-state index is 0.0459. The molecule has 0 N–H and O–H groups in total. The van der Waals surface area contributed by atoms with Crippen LogP contribution in [0.5, 0.6) is 0 Å². The van der Waals surface area contributed by atoms with Gasteiger partial charge in [-0.25, -0.2) is 4.98 Å². The van der Waals surface area contributed by atoms with Crippen molar-refractivity contribution in [3.8, 4) is 0 Å². The zero-order valence-corrected chi connectivity index (χ0v) is 16.5. The minimum atomic E-state index is 0.0459. The van der Waals surface area contributed by atoms with E-state index in [0.717, 1.165) is 36.0 Å². The molecule has 26 heavy (non-hydrogen) atoms. The van der Waals surface area contributed by atoms with Gasteiger partial charge in [0, 0.05) is 41.9 Å². The van der Waals surface area contributed by atoms with Gasteiger partial charge in [0.1, 0.15) is 5.82 Å². The fraction of sp³-hybridized carbons (Fsp3) is 0.571. The number of fused-ring (bicyclic) bond motifs is 2. The van der Waals surface area contributed by atoms with Gasteiger partial charge < -0.3 is 14.5 Å². The van der Waals surface area contributed by atoms with Gasteiger partial charge in [-0.05, 0) is 57.6 Å².